The van der Waals surface area contributed by atoms with E-state index in [2.05, 4.69) is 10.7 Å². The van der Waals surface area contributed by atoms with E-state index in [1.165, 1.54) is 0 Å². The van der Waals surface area contributed by atoms with Crippen LogP contribution in [0.3, 0.4) is 0 Å². The van der Waals surface area contributed by atoms with Crippen molar-refractivity contribution in [1.29, 1.82) is 0 Å². The standard InChI is InChI=1S/C12H17NOS/c1-8(2)11(9(3)14)12(13-4)10-5-6-15-7-10/h5-8,13H,1-4H3/b12-11-. The highest BCUT2D eigenvalue weighted by Crippen LogP contribution is 2.23. The molecule has 82 valence electrons. The Morgan fingerprint density at radius 3 is 2.47 bits per heavy atom. The van der Waals surface area contributed by atoms with Gasteiger partial charge >= 0.3 is 0 Å². The van der Waals surface area contributed by atoms with Gasteiger partial charge in [0.25, 0.3) is 0 Å². The molecule has 0 bridgehead atoms. The summed E-state index contributed by atoms with van der Waals surface area (Å²) < 4.78 is 0. The molecule has 0 aliphatic carbocycles. The van der Waals surface area contributed by atoms with E-state index in [-0.39, 0.29) is 11.7 Å². The number of carbonyl (C=O) groups is 1. The van der Waals surface area contributed by atoms with Crippen LogP contribution in [0, 0.1) is 5.92 Å². The summed E-state index contributed by atoms with van der Waals surface area (Å²) in [5, 5.41) is 7.20. The van der Waals surface area contributed by atoms with Crippen LogP contribution in [0.1, 0.15) is 26.3 Å². The first kappa shape index (κ1) is 12.0. The van der Waals surface area contributed by atoms with Crippen molar-refractivity contribution >= 4 is 22.8 Å². The van der Waals surface area contributed by atoms with Crippen molar-refractivity contribution in [3.05, 3.63) is 28.0 Å². The number of hydrogen-bond acceptors (Lipinski definition) is 3. The largest absolute Gasteiger partial charge is 0.387 e. The predicted octanol–water partition coefficient (Wildman–Crippen LogP) is 2.92. The second kappa shape index (κ2) is 5.12. The molecule has 0 saturated heterocycles. The van der Waals surface area contributed by atoms with Gasteiger partial charge in [-0.15, -0.1) is 0 Å². The Morgan fingerprint density at radius 1 is 1.47 bits per heavy atom. The zero-order valence-electron chi connectivity index (χ0n) is 9.63. The lowest BCUT2D eigenvalue weighted by Crippen LogP contribution is -2.15. The highest BCUT2D eigenvalue weighted by Gasteiger charge is 2.15. The fourth-order valence-electron chi connectivity index (χ4n) is 1.71. The first-order chi connectivity index (χ1) is 7.07. The van der Waals surface area contributed by atoms with Crippen molar-refractivity contribution in [2.24, 2.45) is 5.92 Å². The van der Waals surface area contributed by atoms with Crippen molar-refractivity contribution in [3.8, 4) is 0 Å². The summed E-state index contributed by atoms with van der Waals surface area (Å²) in [6.45, 7) is 5.71. The Balaban J connectivity index is 3.26. The summed E-state index contributed by atoms with van der Waals surface area (Å²) in [6.07, 6.45) is 0. The van der Waals surface area contributed by atoms with E-state index in [1.54, 1.807) is 18.3 Å². The predicted molar refractivity (Wildman–Crippen MR) is 65.8 cm³/mol. The Bertz CT molecular complexity index is 363. The highest BCUT2D eigenvalue weighted by molar-refractivity contribution is 7.08. The maximum absolute atomic E-state index is 11.6. The van der Waals surface area contributed by atoms with E-state index >= 15 is 0 Å². The molecule has 0 aliphatic rings. The topological polar surface area (TPSA) is 29.1 Å². The molecular formula is C12H17NOS. The van der Waals surface area contributed by atoms with Gasteiger partial charge in [0.2, 0.25) is 0 Å². The molecule has 0 radical (unpaired) electrons. The van der Waals surface area contributed by atoms with Crippen LogP contribution in [0.4, 0.5) is 0 Å². The van der Waals surface area contributed by atoms with Gasteiger partial charge in [0, 0.05) is 29.3 Å². The van der Waals surface area contributed by atoms with E-state index < -0.39 is 0 Å². The van der Waals surface area contributed by atoms with Gasteiger partial charge in [0.05, 0.1) is 0 Å². The Kier molecular flexibility index (Phi) is 4.09. The van der Waals surface area contributed by atoms with E-state index in [4.69, 9.17) is 0 Å². The van der Waals surface area contributed by atoms with Gasteiger partial charge in [-0.3, -0.25) is 4.79 Å². The minimum atomic E-state index is 0.139. The van der Waals surface area contributed by atoms with Gasteiger partial charge < -0.3 is 5.32 Å². The lowest BCUT2D eigenvalue weighted by molar-refractivity contribution is -0.114. The summed E-state index contributed by atoms with van der Waals surface area (Å²) in [7, 11) is 1.86. The number of rotatable bonds is 4. The van der Waals surface area contributed by atoms with Crippen LogP contribution in [0.25, 0.3) is 5.70 Å². The van der Waals surface area contributed by atoms with E-state index in [9.17, 15) is 4.79 Å². The molecule has 0 unspecified atom stereocenters. The minimum absolute atomic E-state index is 0.139. The second-order valence-electron chi connectivity index (χ2n) is 3.76. The van der Waals surface area contributed by atoms with Gasteiger partial charge in [-0.2, -0.15) is 11.3 Å². The Morgan fingerprint density at radius 2 is 2.13 bits per heavy atom. The summed E-state index contributed by atoms with van der Waals surface area (Å²) in [6, 6.07) is 2.03. The average molecular weight is 223 g/mol. The summed E-state index contributed by atoms with van der Waals surface area (Å²) in [5.74, 6) is 0.380. The number of nitrogens with one attached hydrogen (secondary N) is 1. The molecule has 1 N–H and O–H groups in total. The van der Waals surface area contributed by atoms with Gasteiger partial charge in [-0.1, -0.05) is 13.8 Å². The third kappa shape index (κ3) is 2.69. The fourth-order valence-corrected chi connectivity index (χ4v) is 2.36. The molecule has 0 amide bonds. The summed E-state index contributed by atoms with van der Waals surface area (Å²) in [4.78, 5) is 11.6. The summed E-state index contributed by atoms with van der Waals surface area (Å²) >= 11 is 1.64. The fraction of sp³-hybridized carbons (Fsp3) is 0.417. The van der Waals surface area contributed by atoms with Crippen LogP contribution in [0.15, 0.2) is 22.4 Å². The Hall–Kier alpha value is -1.09. The van der Waals surface area contributed by atoms with Crippen LogP contribution < -0.4 is 5.32 Å². The van der Waals surface area contributed by atoms with Crippen LogP contribution in [0.2, 0.25) is 0 Å². The lowest BCUT2D eigenvalue weighted by Gasteiger charge is -2.15. The number of hydrogen-bond donors (Lipinski definition) is 1. The number of Topliss-reactive ketones (excluding diaryl/α,β-unsaturated/α-hetero) is 1. The molecule has 1 aromatic heterocycles. The number of thiophene rings is 1. The van der Waals surface area contributed by atoms with Crippen molar-refractivity contribution in [1.82, 2.24) is 5.32 Å². The second-order valence-corrected chi connectivity index (χ2v) is 4.54. The third-order valence-corrected chi connectivity index (χ3v) is 2.97. The molecule has 0 spiro atoms. The zero-order valence-corrected chi connectivity index (χ0v) is 10.4. The van der Waals surface area contributed by atoms with Crippen molar-refractivity contribution in [2.45, 2.75) is 20.8 Å². The number of carbonyl (C=O) groups excluding carboxylic acids is 1. The molecular weight excluding hydrogens is 206 g/mol. The van der Waals surface area contributed by atoms with E-state index in [0.717, 1.165) is 16.8 Å². The molecule has 0 atom stereocenters. The maximum Gasteiger partial charge on any atom is 0.158 e. The molecule has 1 aromatic rings. The maximum atomic E-state index is 11.6. The first-order valence-electron chi connectivity index (χ1n) is 5.03. The van der Waals surface area contributed by atoms with Crippen molar-refractivity contribution in [3.63, 3.8) is 0 Å². The first-order valence-corrected chi connectivity index (χ1v) is 5.97. The molecule has 1 heterocycles. The van der Waals surface area contributed by atoms with Gasteiger partial charge in [0.1, 0.15) is 0 Å². The SMILES string of the molecule is CN/C(=C(\C(C)=O)C(C)C)c1ccsc1. The van der Waals surface area contributed by atoms with Crippen LogP contribution >= 0.6 is 11.3 Å². The molecule has 0 saturated carbocycles. The van der Waals surface area contributed by atoms with E-state index in [0.29, 0.717) is 0 Å². The quantitative estimate of drug-likeness (QED) is 0.795. The lowest BCUT2D eigenvalue weighted by atomic mass is 9.95. The number of ketones is 1. The average Bonchev–Trinajstić information content (AvgIpc) is 2.64. The van der Waals surface area contributed by atoms with Crippen molar-refractivity contribution < 1.29 is 4.79 Å². The van der Waals surface area contributed by atoms with Gasteiger partial charge in [-0.05, 0) is 24.3 Å². The molecule has 0 fully saturated rings. The molecule has 0 aliphatic heterocycles. The van der Waals surface area contributed by atoms with Crippen LogP contribution in [-0.4, -0.2) is 12.8 Å². The normalized spacial score (nSPS) is 12.6. The third-order valence-electron chi connectivity index (χ3n) is 2.29. The molecule has 3 heteroatoms. The molecule has 0 aromatic carbocycles. The monoisotopic (exact) mass is 223 g/mol. The molecule has 1 rings (SSSR count). The molecule has 2 nitrogen and oxygen atoms in total. The van der Waals surface area contributed by atoms with Crippen molar-refractivity contribution in [2.75, 3.05) is 7.05 Å². The molecule has 15 heavy (non-hydrogen) atoms. The minimum Gasteiger partial charge on any atom is -0.387 e. The highest BCUT2D eigenvalue weighted by atomic mass is 32.1. The Labute approximate surface area is 95.0 Å². The van der Waals surface area contributed by atoms with Crippen LogP contribution in [0.5, 0.6) is 0 Å². The summed E-state index contributed by atoms with van der Waals surface area (Å²) in [5.41, 5.74) is 2.93. The smallest absolute Gasteiger partial charge is 0.158 e. The van der Waals surface area contributed by atoms with E-state index in [1.807, 2.05) is 32.3 Å². The number of allylic oxidation sites excluding steroid dienone is 1. The van der Waals surface area contributed by atoms with Crippen LogP contribution in [-0.2, 0) is 4.79 Å². The van der Waals surface area contributed by atoms with Gasteiger partial charge in [0.15, 0.2) is 5.78 Å². The van der Waals surface area contributed by atoms with Gasteiger partial charge in [-0.25, -0.2) is 0 Å². The zero-order chi connectivity index (χ0) is 11.4.